The highest BCUT2D eigenvalue weighted by atomic mass is 32.2. The van der Waals surface area contributed by atoms with E-state index in [0.29, 0.717) is 54.6 Å². The third-order valence-electron chi connectivity index (χ3n) is 5.98. The van der Waals surface area contributed by atoms with Gasteiger partial charge in [-0.3, -0.25) is 9.59 Å². The Labute approximate surface area is 196 Å². The van der Waals surface area contributed by atoms with E-state index in [1.165, 1.54) is 16.4 Å². The lowest BCUT2D eigenvalue weighted by Crippen LogP contribution is -2.40. The number of esters is 1. The Hall–Kier alpha value is -3.31. The minimum Gasteiger partial charge on any atom is -0.486 e. The third kappa shape index (κ3) is 4.40. The van der Waals surface area contributed by atoms with Crippen molar-refractivity contribution >= 4 is 21.8 Å². The number of sulfonamides is 1. The lowest BCUT2D eigenvalue weighted by molar-refractivity contribution is -0.148. The van der Waals surface area contributed by atoms with Gasteiger partial charge in [-0.2, -0.15) is 4.31 Å². The van der Waals surface area contributed by atoms with Gasteiger partial charge in [-0.05, 0) is 43.2 Å². The van der Waals surface area contributed by atoms with Crippen molar-refractivity contribution in [1.82, 2.24) is 4.31 Å². The summed E-state index contributed by atoms with van der Waals surface area (Å²) in [7, 11) is -3.74. The van der Waals surface area contributed by atoms with E-state index in [-0.39, 0.29) is 30.6 Å². The second-order valence-corrected chi connectivity index (χ2v) is 10.0. The van der Waals surface area contributed by atoms with Crippen molar-refractivity contribution in [2.75, 3.05) is 39.7 Å². The predicted molar refractivity (Wildman–Crippen MR) is 117 cm³/mol. The van der Waals surface area contributed by atoms with Gasteiger partial charge in [-0.1, -0.05) is 0 Å². The van der Waals surface area contributed by atoms with Gasteiger partial charge >= 0.3 is 5.97 Å². The molecule has 180 valence electrons. The maximum atomic E-state index is 13.1. The van der Waals surface area contributed by atoms with Crippen LogP contribution < -0.4 is 18.9 Å². The van der Waals surface area contributed by atoms with E-state index in [9.17, 15) is 18.0 Å². The number of hydrogen-bond acceptors (Lipinski definition) is 9. The van der Waals surface area contributed by atoms with Crippen LogP contribution in [-0.2, 0) is 19.6 Å². The summed E-state index contributed by atoms with van der Waals surface area (Å²) < 4.78 is 54.1. The molecule has 0 bridgehead atoms. The van der Waals surface area contributed by atoms with Crippen molar-refractivity contribution < 1.29 is 41.7 Å². The fourth-order valence-electron chi connectivity index (χ4n) is 4.07. The second kappa shape index (κ2) is 9.15. The molecule has 0 amide bonds. The van der Waals surface area contributed by atoms with Gasteiger partial charge in [0.25, 0.3) is 0 Å². The van der Waals surface area contributed by atoms with Crippen LogP contribution in [0.15, 0.2) is 41.3 Å². The molecule has 5 rings (SSSR count). The molecule has 0 spiro atoms. The normalized spacial score (nSPS) is 17.9. The van der Waals surface area contributed by atoms with E-state index in [4.69, 9.17) is 23.7 Å². The molecule has 3 aliphatic heterocycles. The molecule has 0 saturated carbocycles. The third-order valence-corrected chi connectivity index (χ3v) is 7.87. The zero-order valence-electron chi connectivity index (χ0n) is 18.2. The first-order chi connectivity index (χ1) is 16.4. The van der Waals surface area contributed by atoms with Gasteiger partial charge in [0.15, 0.2) is 35.4 Å². The molecule has 2 aromatic rings. The van der Waals surface area contributed by atoms with E-state index < -0.39 is 28.5 Å². The lowest BCUT2D eigenvalue weighted by atomic mass is 9.98. The number of nitrogens with zero attached hydrogens (tertiary/aromatic N) is 1. The van der Waals surface area contributed by atoms with E-state index in [1.807, 2.05) is 0 Å². The smallest absolute Gasteiger partial charge is 0.309 e. The van der Waals surface area contributed by atoms with Gasteiger partial charge in [0.1, 0.15) is 13.2 Å². The highest BCUT2D eigenvalue weighted by Gasteiger charge is 2.33. The fourth-order valence-corrected chi connectivity index (χ4v) is 5.56. The predicted octanol–water partition coefficient (Wildman–Crippen LogP) is 2.01. The molecule has 0 N–H and O–H groups in total. The number of piperidine rings is 1. The van der Waals surface area contributed by atoms with Crippen molar-refractivity contribution in [1.29, 1.82) is 0 Å². The fraction of sp³-hybridized carbons (Fsp3) is 0.391. The van der Waals surface area contributed by atoms with Gasteiger partial charge in [-0.15, -0.1) is 0 Å². The Balaban J connectivity index is 1.15. The topological polar surface area (TPSA) is 118 Å². The molecule has 3 heterocycles. The van der Waals surface area contributed by atoms with Crippen molar-refractivity contribution in [2.45, 2.75) is 17.7 Å². The van der Waals surface area contributed by atoms with Crippen LogP contribution in [0, 0.1) is 5.92 Å². The molecular weight excluding hydrogens is 466 g/mol. The van der Waals surface area contributed by atoms with Gasteiger partial charge in [0.05, 0.1) is 10.8 Å². The number of carbonyl (C=O) groups excluding carboxylic acids is 2. The highest BCUT2D eigenvalue weighted by molar-refractivity contribution is 7.89. The number of Topliss-reactive ketones (excluding diaryl/α,β-unsaturated/α-hetero) is 1. The van der Waals surface area contributed by atoms with Crippen LogP contribution in [0.3, 0.4) is 0 Å². The monoisotopic (exact) mass is 489 g/mol. The average Bonchev–Trinajstić information content (AvgIpc) is 3.35. The van der Waals surface area contributed by atoms with E-state index in [2.05, 4.69) is 0 Å². The number of ketones is 1. The van der Waals surface area contributed by atoms with Crippen molar-refractivity contribution in [3.05, 3.63) is 42.0 Å². The molecule has 10 nitrogen and oxygen atoms in total. The standard InChI is InChI=1S/C23H23NO9S/c25-18(16-1-3-20-21(11-16)33-14-32-20)13-31-23(26)15-5-7-24(8-6-15)34(27,28)17-2-4-19-22(12-17)30-10-9-29-19/h1-4,11-12,15H,5-10,13-14H2. The van der Waals surface area contributed by atoms with Crippen LogP contribution in [0.4, 0.5) is 0 Å². The van der Waals surface area contributed by atoms with Crippen LogP contribution in [0.2, 0.25) is 0 Å². The number of hydrogen-bond donors (Lipinski definition) is 0. The largest absolute Gasteiger partial charge is 0.486 e. The minimum atomic E-state index is -3.74. The van der Waals surface area contributed by atoms with Crippen LogP contribution in [-0.4, -0.2) is 64.2 Å². The number of ether oxygens (including phenoxy) is 5. The quantitative estimate of drug-likeness (QED) is 0.444. The van der Waals surface area contributed by atoms with Gasteiger partial charge in [0, 0.05) is 24.7 Å². The summed E-state index contributed by atoms with van der Waals surface area (Å²) in [6, 6.07) is 9.32. The van der Waals surface area contributed by atoms with Crippen molar-refractivity contribution in [3.8, 4) is 23.0 Å². The average molecular weight is 490 g/mol. The van der Waals surface area contributed by atoms with Crippen molar-refractivity contribution in [2.24, 2.45) is 5.92 Å². The van der Waals surface area contributed by atoms with Crippen LogP contribution in [0.25, 0.3) is 0 Å². The zero-order chi connectivity index (χ0) is 23.7. The molecule has 11 heteroatoms. The molecule has 0 aliphatic carbocycles. The zero-order valence-corrected chi connectivity index (χ0v) is 19.0. The summed E-state index contributed by atoms with van der Waals surface area (Å²) in [6.07, 6.45) is 0.613. The molecule has 0 aromatic heterocycles. The Morgan fingerprint density at radius 3 is 2.32 bits per heavy atom. The Bertz CT molecular complexity index is 1220. The molecular formula is C23H23NO9S. The van der Waals surface area contributed by atoms with Gasteiger partial charge in [-0.25, -0.2) is 8.42 Å². The Morgan fingerprint density at radius 1 is 0.882 bits per heavy atom. The summed E-state index contributed by atoms with van der Waals surface area (Å²) in [4.78, 5) is 25.0. The summed E-state index contributed by atoms with van der Waals surface area (Å²) in [6.45, 7) is 0.838. The molecule has 3 aliphatic rings. The maximum Gasteiger partial charge on any atom is 0.309 e. The molecule has 34 heavy (non-hydrogen) atoms. The SMILES string of the molecule is O=C(COC(=O)C1CCN(S(=O)(=O)c2ccc3c(c2)OCCO3)CC1)c1ccc2c(c1)OCO2. The first-order valence-electron chi connectivity index (χ1n) is 10.9. The number of carbonyl (C=O) groups is 2. The van der Waals surface area contributed by atoms with Gasteiger partial charge in [0.2, 0.25) is 16.8 Å². The lowest BCUT2D eigenvalue weighted by Gasteiger charge is -2.30. The first kappa shape index (κ1) is 22.5. The summed E-state index contributed by atoms with van der Waals surface area (Å²) in [5.74, 6) is 0.613. The summed E-state index contributed by atoms with van der Waals surface area (Å²) in [5, 5.41) is 0. The van der Waals surface area contributed by atoms with Crippen LogP contribution in [0.1, 0.15) is 23.2 Å². The maximum absolute atomic E-state index is 13.1. The summed E-state index contributed by atoms with van der Waals surface area (Å²) in [5.41, 5.74) is 0.359. The molecule has 0 radical (unpaired) electrons. The Kier molecular flexibility index (Phi) is 6.05. The number of fused-ring (bicyclic) bond motifs is 2. The molecule has 0 atom stereocenters. The van der Waals surface area contributed by atoms with Crippen molar-refractivity contribution in [3.63, 3.8) is 0 Å². The highest BCUT2D eigenvalue weighted by Crippen LogP contribution is 2.34. The molecule has 1 saturated heterocycles. The Morgan fingerprint density at radius 2 is 1.53 bits per heavy atom. The number of rotatable bonds is 6. The molecule has 2 aromatic carbocycles. The molecule has 1 fully saturated rings. The number of benzene rings is 2. The minimum absolute atomic E-state index is 0.102. The second-order valence-electron chi connectivity index (χ2n) is 8.08. The summed E-state index contributed by atoms with van der Waals surface area (Å²) >= 11 is 0. The van der Waals surface area contributed by atoms with E-state index in [0.717, 1.165) is 0 Å². The van der Waals surface area contributed by atoms with Gasteiger partial charge < -0.3 is 23.7 Å². The van der Waals surface area contributed by atoms with Crippen LogP contribution >= 0.6 is 0 Å². The molecule has 0 unspecified atom stereocenters. The van der Waals surface area contributed by atoms with Crippen LogP contribution in [0.5, 0.6) is 23.0 Å². The van der Waals surface area contributed by atoms with E-state index >= 15 is 0 Å². The first-order valence-corrected chi connectivity index (χ1v) is 12.3. The van der Waals surface area contributed by atoms with E-state index in [1.54, 1.807) is 24.3 Å².